The predicted octanol–water partition coefficient (Wildman–Crippen LogP) is 3.59. The van der Waals surface area contributed by atoms with Gasteiger partial charge in [0.1, 0.15) is 0 Å². The lowest BCUT2D eigenvalue weighted by Gasteiger charge is -2.30. The van der Waals surface area contributed by atoms with Crippen molar-refractivity contribution < 1.29 is 9.59 Å². The van der Waals surface area contributed by atoms with Crippen LogP contribution < -0.4 is 5.32 Å². The van der Waals surface area contributed by atoms with E-state index in [9.17, 15) is 9.59 Å². The molecule has 2 heterocycles. The van der Waals surface area contributed by atoms with Crippen LogP contribution in [0.2, 0.25) is 0 Å². The van der Waals surface area contributed by atoms with Gasteiger partial charge >= 0.3 is 0 Å². The fourth-order valence-electron chi connectivity index (χ4n) is 5.08. The Hall–Kier alpha value is -2.66. The van der Waals surface area contributed by atoms with E-state index in [4.69, 9.17) is 0 Å². The zero-order valence-electron chi connectivity index (χ0n) is 19.1. The molecule has 1 N–H and O–H groups in total. The van der Waals surface area contributed by atoms with Crippen molar-refractivity contribution in [3.8, 4) is 11.1 Å². The van der Waals surface area contributed by atoms with Crippen molar-refractivity contribution in [2.45, 2.75) is 32.6 Å². The highest BCUT2D eigenvalue weighted by Crippen LogP contribution is 2.28. The Morgan fingerprint density at radius 3 is 2.47 bits per heavy atom. The molecule has 4 rings (SSSR count). The SMILES string of the molecule is CCCN1CCN(C(=O)C2CCNCC2)CC(Cc2ccccc2-c2ccccc2)C1=O. The summed E-state index contributed by atoms with van der Waals surface area (Å²) in [7, 11) is 0. The van der Waals surface area contributed by atoms with E-state index in [1.807, 2.05) is 34.1 Å². The van der Waals surface area contributed by atoms with Gasteiger partial charge < -0.3 is 15.1 Å². The number of benzene rings is 2. The summed E-state index contributed by atoms with van der Waals surface area (Å²) in [4.78, 5) is 30.8. The van der Waals surface area contributed by atoms with Crippen LogP contribution in [0.1, 0.15) is 31.7 Å². The predicted molar refractivity (Wildman–Crippen MR) is 128 cm³/mol. The van der Waals surface area contributed by atoms with Gasteiger partial charge in [-0.05, 0) is 55.5 Å². The number of carbonyl (C=O) groups excluding carboxylic acids is 2. The van der Waals surface area contributed by atoms with Crippen molar-refractivity contribution in [3.05, 3.63) is 60.2 Å². The van der Waals surface area contributed by atoms with E-state index in [1.165, 1.54) is 11.1 Å². The summed E-state index contributed by atoms with van der Waals surface area (Å²) in [5.41, 5.74) is 3.50. The third-order valence-electron chi connectivity index (χ3n) is 6.80. The van der Waals surface area contributed by atoms with Gasteiger partial charge in [-0.15, -0.1) is 0 Å². The molecule has 2 fully saturated rings. The first kappa shape index (κ1) is 22.5. The molecule has 1 atom stereocenters. The number of amides is 2. The Balaban J connectivity index is 1.59. The van der Waals surface area contributed by atoms with Gasteiger partial charge in [0.05, 0.1) is 5.92 Å². The molecule has 0 bridgehead atoms. The molecule has 0 radical (unpaired) electrons. The molecular weight excluding hydrogens is 398 g/mol. The van der Waals surface area contributed by atoms with Crippen molar-refractivity contribution in [2.75, 3.05) is 39.3 Å². The highest BCUT2D eigenvalue weighted by molar-refractivity contribution is 5.83. The van der Waals surface area contributed by atoms with Crippen molar-refractivity contribution in [1.82, 2.24) is 15.1 Å². The first-order valence-electron chi connectivity index (χ1n) is 12.1. The fraction of sp³-hybridized carbons (Fsp3) is 0.481. The molecule has 5 nitrogen and oxygen atoms in total. The Morgan fingerprint density at radius 2 is 1.72 bits per heavy atom. The van der Waals surface area contributed by atoms with Crippen LogP contribution in [-0.2, 0) is 16.0 Å². The molecule has 2 aliphatic rings. The molecule has 2 aliphatic heterocycles. The van der Waals surface area contributed by atoms with Gasteiger partial charge in [-0.1, -0.05) is 61.5 Å². The Kier molecular flexibility index (Phi) is 7.59. The monoisotopic (exact) mass is 433 g/mol. The van der Waals surface area contributed by atoms with Crippen LogP contribution in [-0.4, -0.2) is 60.9 Å². The van der Waals surface area contributed by atoms with Gasteiger partial charge in [0.25, 0.3) is 0 Å². The zero-order chi connectivity index (χ0) is 22.3. The van der Waals surface area contributed by atoms with Crippen molar-refractivity contribution in [3.63, 3.8) is 0 Å². The molecule has 0 aromatic heterocycles. The highest BCUT2D eigenvalue weighted by Gasteiger charge is 2.34. The van der Waals surface area contributed by atoms with Crippen LogP contribution in [0.3, 0.4) is 0 Å². The summed E-state index contributed by atoms with van der Waals surface area (Å²) >= 11 is 0. The Labute approximate surface area is 191 Å². The third kappa shape index (κ3) is 5.21. The van der Waals surface area contributed by atoms with Crippen LogP contribution in [0.5, 0.6) is 0 Å². The second-order valence-corrected chi connectivity index (χ2v) is 9.06. The van der Waals surface area contributed by atoms with Gasteiger partial charge in [0, 0.05) is 32.1 Å². The van der Waals surface area contributed by atoms with Gasteiger partial charge in [-0.2, -0.15) is 0 Å². The minimum Gasteiger partial charge on any atom is -0.341 e. The maximum absolute atomic E-state index is 13.5. The van der Waals surface area contributed by atoms with E-state index in [2.05, 4.69) is 42.6 Å². The molecule has 2 aromatic rings. The van der Waals surface area contributed by atoms with Gasteiger partial charge in [0.2, 0.25) is 11.8 Å². The first-order chi connectivity index (χ1) is 15.7. The van der Waals surface area contributed by atoms with Crippen molar-refractivity contribution in [2.24, 2.45) is 11.8 Å². The van der Waals surface area contributed by atoms with Crippen LogP contribution in [0, 0.1) is 11.8 Å². The smallest absolute Gasteiger partial charge is 0.227 e. The molecule has 1 unspecified atom stereocenters. The first-order valence-corrected chi connectivity index (χ1v) is 12.1. The maximum Gasteiger partial charge on any atom is 0.227 e. The Bertz CT molecular complexity index is 908. The minimum absolute atomic E-state index is 0.0846. The molecule has 5 heteroatoms. The van der Waals surface area contributed by atoms with E-state index in [0.717, 1.165) is 44.5 Å². The average molecular weight is 434 g/mol. The number of piperidine rings is 1. The highest BCUT2D eigenvalue weighted by atomic mass is 16.2. The van der Waals surface area contributed by atoms with Gasteiger partial charge in [-0.3, -0.25) is 9.59 Å². The van der Waals surface area contributed by atoms with E-state index >= 15 is 0 Å². The fourth-order valence-corrected chi connectivity index (χ4v) is 5.08. The van der Waals surface area contributed by atoms with Gasteiger partial charge in [-0.25, -0.2) is 0 Å². The standard InChI is InChI=1S/C27H35N3O2/c1-2-16-29-17-18-30(26(31)22-12-14-28-15-13-22)20-24(27(29)32)19-23-10-6-7-11-25(23)21-8-4-3-5-9-21/h3-11,22,24,28H,2,12-20H2,1H3. The number of hydrogen-bond donors (Lipinski definition) is 1. The molecular formula is C27H35N3O2. The Morgan fingerprint density at radius 1 is 1.00 bits per heavy atom. The molecule has 0 saturated carbocycles. The summed E-state index contributed by atoms with van der Waals surface area (Å²) in [6, 6.07) is 18.7. The molecule has 2 amide bonds. The van der Waals surface area contributed by atoms with E-state index < -0.39 is 0 Å². The second kappa shape index (κ2) is 10.8. The zero-order valence-corrected chi connectivity index (χ0v) is 19.1. The maximum atomic E-state index is 13.5. The summed E-state index contributed by atoms with van der Waals surface area (Å²) in [6.07, 6.45) is 3.37. The van der Waals surface area contributed by atoms with Gasteiger partial charge in [0.15, 0.2) is 0 Å². The molecule has 2 saturated heterocycles. The van der Waals surface area contributed by atoms with Crippen molar-refractivity contribution >= 4 is 11.8 Å². The normalized spacial score (nSPS) is 20.3. The summed E-state index contributed by atoms with van der Waals surface area (Å²) in [6.45, 7) is 6.47. The third-order valence-corrected chi connectivity index (χ3v) is 6.80. The van der Waals surface area contributed by atoms with Crippen LogP contribution in [0.25, 0.3) is 11.1 Å². The molecule has 170 valence electrons. The summed E-state index contributed by atoms with van der Waals surface area (Å²) in [5, 5.41) is 3.35. The molecule has 2 aromatic carbocycles. The van der Waals surface area contributed by atoms with E-state index in [0.29, 0.717) is 26.1 Å². The topological polar surface area (TPSA) is 52.6 Å². The lowest BCUT2D eigenvalue weighted by molar-refractivity contribution is -0.137. The number of hydrogen-bond acceptors (Lipinski definition) is 3. The summed E-state index contributed by atoms with van der Waals surface area (Å²) in [5.74, 6) is 0.301. The lowest BCUT2D eigenvalue weighted by Crippen LogP contribution is -2.43. The average Bonchev–Trinajstić information content (AvgIpc) is 3.00. The van der Waals surface area contributed by atoms with Crippen LogP contribution in [0.15, 0.2) is 54.6 Å². The number of nitrogens with zero attached hydrogens (tertiary/aromatic N) is 2. The molecule has 32 heavy (non-hydrogen) atoms. The number of nitrogens with one attached hydrogen (secondary N) is 1. The second-order valence-electron chi connectivity index (χ2n) is 9.06. The molecule has 0 aliphatic carbocycles. The lowest BCUT2D eigenvalue weighted by atomic mass is 9.90. The van der Waals surface area contributed by atoms with E-state index in [1.54, 1.807) is 0 Å². The number of rotatable bonds is 6. The van der Waals surface area contributed by atoms with E-state index in [-0.39, 0.29) is 23.7 Å². The summed E-state index contributed by atoms with van der Waals surface area (Å²) < 4.78 is 0. The minimum atomic E-state index is -0.209. The largest absolute Gasteiger partial charge is 0.341 e. The van der Waals surface area contributed by atoms with Crippen LogP contribution in [0.4, 0.5) is 0 Å². The van der Waals surface area contributed by atoms with Crippen molar-refractivity contribution in [1.29, 1.82) is 0 Å². The molecule has 0 spiro atoms. The van der Waals surface area contributed by atoms with Crippen LogP contribution >= 0.6 is 0 Å². The quantitative estimate of drug-likeness (QED) is 0.757. The number of carbonyl (C=O) groups is 2.